The number of ketones is 1. The summed E-state index contributed by atoms with van der Waals surface area (Å²) in [7, 11) is 0. The SMILES string of the molecule is CCCCCCCC(=O)/C=C/CC[C@@H](C)O[C@@H]1O[C@@H](C)[C@H](O)C[C@H]1O. The molecule has 2 N–H and O–H groups in total. The molecule has 0 amide bonds. The number of rotatable bonds is 12. The molecule has 0 radical (unpaired) electrons. The van der Waals surface area contributed by atoms with E-state index in [-0.39, 0.29) is 24.4 Å². The first kappa shape index (κ1) is 22.3. The number of carbonyl (C=O) groups excluding carboxylic acids is 1. The lowest BCUT2D eigenvalue weighted by Gasteiger charge is -2.36. The second-order valence-electron chi connectivity index (χ2n) is 7.14. The van der Waals surface area contributed by atoms with Crippen LogP contribution in [0.3, 0.4) is 0 Å². The minimum atomic E-state index is -0.807. The van der Waals surface area contributed by atoms with Gasteiger partial charge in [-0.3, -0.25) is 4.79 Å². The lowest BCUT2D eigenvalue weighted by Crippen LogP contribution is -2.48. The molecule has 1 heterocycles. The fourth-order valence-electron chi connectivity index (χ4n) is 2.89. The second kappa shape index (κ2) is 12.6. The van der Waals surface area contributed by atoms with Crippen molar-refractivity contribution < 1.29 is 24.5 Å². The number of allylic oxidation sites excluding steroid dienone is 2. The molecular weight excluding hydrogens is 320 g/mol. The van der Waals surface area contributed by atoms with E-state index in [9.17, 15) is 15.0 Å². The highest BCUT2D eigenvalue weighted by atomic mass is 16.7. The highest BCUT2D eigenvalue weighted by Gasteiger charge is 2.35. The molecule has 5 heteroatoms. The van der Waals surface area contributed by atoms with E-state index in [4.69, 9.17) is 9.47 Å². The van der Waals surface area contributed by atoms with Gasteiger partial charge in [0.25, 0.3) is 0 Å². The summed E-state index contributed by atoms with van der Waals surface area (Å²) in [5.41, 5.74) is 0. The average Bonchev–Trinajstić information content (AvgIpc) is 2.56. The summed E-state index contributed by atoms with van der Waals surface area (Å²) in [6.07, 6.45) is 9.21. The first-order chi connectivity index (χ1) is 11.9. The smallest absolute Gasteiger partial charge is 0.184 e. The number of hydrogen-bond acceptors (Lipinski definition) is 5. The van der Waals surface area contributed by atoms with Crippen molar-refractivity contribution >= 4 is 5.78 Å². The highest BCUT2D eigenvalue weighted by Crippen LogP contribution is 2.22. The molecule has 0 unspecified atom stereocenters. The Morgan fingerprint density at radius 2 is 1.96 bits per heavy atom. The predicted molar refractivity (Wildman–Crippen MR) is 98.3 cm³/mol. The second-order valence-corrected chi connectivity index (χ2v) is 7.14. The van der Waals surface area contributed by atoms with Crippen LogP contribution in [0.5, 0.6) is 0 Å². The molecule has 0 saturated carbocycles. The summed E-state index contributed by atoms with van der Waals surface area (Å²) in [6.45, 7) is 5.88. The molecular formula is C20H36O5. The maximum Gasteiger partial charge on any atom is 0.184 e. The fourth-order valence-corrected chi connectivity index (χ4v) is 2.89. The third-order valence-electron chi connectivity index (χ3n) is 4.62. The number of ether oxygens (including phenoxy) is 2. The van der Waals surface area contributed by atoms with Gasteiger partial charge in [0.1, 0.15) is 6.10 Å². The van der Waals surface area contributed by atoms with Crippen molar-refractivity contribution in [2.45, 2.75) is 109 Å². The Bertz CT molecular complexity index is 396. The summed E-state index contributed by atoms with van der Waals surface area (Å²) in [5.74, 6) is 0.193. The minimum Gasteiger partial charge on any atom is -0.390 e. The molecule has 1 aliphatic heterocycles. The van der Waals surface area contributed by atoms with Gasteiger partial charge in [-0.2, -0.15) is 0 Å². The molecule has 0 aromatic heterocycles. The van der Waals surface area contributed by atoms with Gasteiger partial charge in [-0.1, -0.05) is 38.7 Å². The van der Waals surface area contributed by atoms with E-state index in [2.05, 4.69) is 6.92 Å². The first-order valence-electron chi connectivity index (χ1n) is 9.80. The van der Waals surface area contributed by atoms with Crippen molar-refractivity contribution in [1.82, 2.24) is 0 Å². The van der Waals surface area contributed by atoms with Crippen LogP contribution in [0.25, 0.3) is 0 Å². The molecule has 1 saturated heterocycles. The molecule has 5 atom stereocenters. The van der Waals surface area contributed by atoms with Crippen LogP contribution in [0.4, 0.5) is 0 Å². The number of unbranched alkanes of at least 4 members (excludes halogenated alkanes) is 4. The standard InChI is InChI=1S/C20H36O5/c1-4-5-6-7-8-12-17(21)13-10-9-11-15(2)24-20-19(23)14-18(22)16(3)25-20/h10,13,15-16,18-20,22-23H,4-9,11-12,14H2,1-3H3/b13-10+/t15-,16+,18-,19-,20-/m1/s1. The highest BCUT2D eigenvalue weighted by molar-refractivity contribution is 5.89. The van der Waals surface area contributed by atoms with Crippen molar-refractivity contribution in [1.29, 1.82) is 0 Å². The third kappa shape index (κ3) is 9.50. The van der Waals surface area contributed by atoms with Gasteiger partial charge in [-0.15, -0.1) is 0 Å². The summed E-state index contributed by atoms with van der Waals surface area (Å²) < 4.78 is 11.2. The summed E-state index contributed by atoms with van der Waals surface area (Å²) >= 11 is 0. The normalized spacial score (nSPS) is 28.4. The maximum atomic E-state index is 11.8. The lowest BCUT2D eigenvalue weighted by molar-refractivity contribution is -0.273. The van der Waals surface area contributed by atoms with E-state index >= 15 is 0 Å². The van der Waals surface area contributed by atoms with Crippen LogP contribution < -0.4 is 0 Å². The molecule has 0 bridgehead atoms. The minimum absolute atomic E-state index is 0.0871. The van der Waals surface area contributed by atoms with E-state index in [1.54, 1.807) is 13.0 Å². The Balaban J connectivity index is 2.15. The summed E-state index contributed by atoms with van der Waals surface area (Å²) in [4.78, 5) is 11.8. The lowest BCUT2D eigenvalue weighted by atomic mass is 10.0. The van der Waals surface area contributed by atoms with Gasteiger partial charge in [0, 0.05) is 12.8 Å². The number of carbonyl (C=O) groups is 1. The maximum absolute atomic E-state index is 11.8. The molecule has 146 valence electrons. The number of aliphatic hydroxyl groups is 2. The first-order valence-corrected chi connectivity index (χ1v) is 9.80. The van der Waals surface area contributed by atoms with Crippen molar-refractivity contribution in [2.24, 2.45) is 0 Å². The zero-order chi connectivity index (χ0) is 18.7. The van der Waals surface area contributed by atoms with Crippen LogP contribution >= 0.6 is 0 Å². The fraction of sp³-hybridized carbons (Fsp3) is 0.850. The Morgan fingerprint density at radius 1 is 1.24 bits per heavy atom. The van der Waals surface area contributed by atoms with Crippen molar-refractivity contribution in [2.75, 3.05) is 0 Å². The summed E-state index contributed by atoms with van der Waals surface area (Å²) in [6, 6.07) is 0. The molecule has 25 heavy (non-hydrogen) atoms. The van der Waals surface area contributed by atoms with Gasteiger partial charge in [0.15, 0.2) is 12.1 Å². The Kier molecular flexibility index (Phi) is 11.2. The van der Waals surface area contributed by atoms with Crippen molar-refractivity contribution in [3.63, 3.8) is 0 Å². The van der Waals surface area contributed by atoms with E-state index in [1.165, 1.54) is 19.3 Å². The van der Waals surface area contributed by atoms with Crippen LogP contribution in [0.2, 0.25) is 0 Å². The third-order valence-corrected chi connectivity index (χ3v) is 4.62. The van der Waals surface area contributed by atoms with Gasteiger partial charge < -0.3 is 19.7 Å². The Labute approximate surface area is 152 Å². The number of hydrogen-bond donors (Lipinski definition) is 2. The monoisotopic (exact) mass is 356 g/mol. The van der Waals surface area contributed by atoms with Crippen LogP contribution in [-0.4, -0.2) is 46.7 Å². The average molecular weight is 357 g/mol. The molecule has 0 aromatic rings. The quantitative estimate of drug-likeness (QED) is 0.413. The van der Waals surface area contributed by atoms with Crippen LogP contribution in [-0.2, 0) is 14.3 Å². The van der Waals surface area contributed by atoms with Crippen molar-refractivity contribution in [3.8, 4) is 0 Å². The largest absolute Gasteiger partial charge is 0.390 e. The van der Waals surface area contributed by atoms with Gasteiger partial charge in [0.05, 0.1) is 18.3 Å². The molecule has 0 aliphatic carbocycles. The number of aliphatic hydroxyl groups excluding tert-OH is 2. The topological polar surface area (TPSA) is 76.0 Å². The zero-order valence-electron chi connectivity index (χ0n) is 16.0. The zero-order valence-corrected chi connectivity index (χ0v) is 16.0. The molecule has 0 spiro atoms. The summed E-state index contributed by atoms with van der Waals surface area (Å²) in [5, 5.41) is 19.6. The Morgan fingerprint density at radius 3 is 2.68 bits per heavy atom. The van der Waals surface area contributed by atoms with E-state index in [1.807, 2.05) is 13.0 Å². The van der Waals surface area contributed by atoms with E-state index < -0.39 is 18.5 Å². The van der Waals surface area contributed by atoms with E-state index in [0.29, 0.717) is 6.42 Å². The van der Waals surface area contributed by atoms with Crippen molar-refractivity contribution in [3.05, 3.63) is 12.2 Å². The van der Waals surface area contributed by atoms with Crippen LogP contribution in [0.1, 0.15) is 78.6 Å². The molecule has 0 aromatic carbocycles. The van der Waals surface area contributed by atoms with Crippen LogP contribution in [0, 0.1) is 0 Å². The molecule has 1 aliphatic rings. The van der Waals surface area contributed by atoms with Gasteiger partial charge >= 0.3 is 0 Å². The van der Waals surface area contributed by atoms with Crippen LogP contribution in [0.15, 0.2) is 12.2 Å². The molecule has 5 nitrogen and oxygen atoms in total. The van der Waals surface area contributed by atoms with Gasteiger partial charge in [-0.05, 0) is 39.2 Å². The Hall–Kier alpha value is -0.750. The molecule has 1 fully saturated rings. The predicted octanol–water partition coefficient (Wildman–Crippen LogP) is 3.51. The van der Waals surface area contributed by atoms with E-state index in [0.717, 1.165) is 25.7 Å². The van der Waals surface area contributed by atoms with Gasteiger partial charge in [0.2, 0.25) is 0 Å². The van der Waals surface area contributed by atoms with Gasteiger partial charge in [-0.25, -0.2) is 0 Å². The molecule has 1 rings (SSSR count).